The summed E-state index contributed by atoms with van der Waals surface area (Å²) in [6.45, 7) is 3.26. The maximum atomic E-state index is 4.24. The first-order valence-corrected chi connectivity index (χ1v) is 5.55. The van der Waals surface area contributed by atoms with E-state index in [1.807, 2.05) is 11.6 Å². The predicted molar refractivity (Wildman–Crippen MR) is 56.8 cm³/mol. The monoisotopic (exact) mass is 194 g/mol. The molecule has 0 radical (unpaired) electrons. The summed E-state index contributed by atoms with van der Waals surface area (Å²) in [5.74, 6) is 0. The number of nitrogens with one attached hydrogen (secondary N) is 1. The first-order valence-electron chi connectivity index (χ1n) is 4.67. The molecule has 1 N–H and O–H groups in total. The average molecular weight is 194 g/mol. The molecule has 1 aromatic heterocycles. The summed E-state index contributed by atoms with van der Waals surface area (Å²) in [5.41, 5.74) is 1.48. The van der Waals surface area contributed by atoms with E-state index >= 15 is 0 Å². The molecule has 1 aliphatic heterocycles. The van der Waals surface area contributed by atoms with Gasteiger partial charge in [-0.15, -0.1) is 11.3 Å². The Morgan fingerprint density at radius 1 is 1.69 bits per heavy atom. The number of piperidine rings is 1. The largest absolute Gasteiger partial charge is 0.311 e. The fourth-order valence-corrected chi connectivity index (χ4v) is 2.12. The molecule has 70 valence electrons. The van der Waals surface area contributed by atoms with Crippen molar-refractivity contribution in [3.05, 3.63) is 22.2 Å². The van der Waals surface area contributed by atoms with Crippen LogP contribution in [0, 0.1) is 0 Å². The smallest absolute Gasteiger partial charge is 0.115 e. The second-order valence-corrected chi connectivity index (χ2v) is 4.42. The van der Waals surface area contributed by atoms with Gasteiger partial charge in [-0.25, -0.2) is 4.98 Å². The van der Waals surface area contributed by atoms with Gasteiger partial charge in [-0.1, -0.05) is 5.57 Å². The van der Waals surface area contributed by atoms with Crippen LogP contribution in [0.1, 0.15) is 24.8 Å². The SMILES string of the molecule is CC1CC/C(=C/c2nccs2)CN1. The third-order valence-corrected chi connectivity index (χ3v) is 3.08. The summed E-state index contributed by atoms with van der Waals surface area (Å²) >= 11 is 1.70. The number of aromatic nitrogens is 1. The van der Waals surface area contributed by atoms with E-state index in [1.54, 1.807) is 11.3 Å². The Bertz CT molecular complexity index is 280. The molecule has 2 nitrogen and oxygen atoms in total. The molecule has 1 aliphatic rings. The highest BCUT2D eigenvalue weighted by molar-refractivity contribution is 7.10. The van der Waals surface area contributed by atoms with Crippen LogP contribution < -0.4 is 5.32 Å². The van der Waals surface area contributed by atoms with Crippen LogP contribution in [-0.4, -0.2) is 17.6 Å². The summed E-state index contributed by atoms with van der Waals surface area (Å²) in [6, 6.07) is 0.674. The molecule has 1 aromatic rings. The molecule has 3 heteroatoms. The molecule has 1 saturated heterocycles. The van der Waals surface area contributed by atoms with E-state index in [9.17, 15) is 0 Å². The average Bonchev–Trinajstić information content (AvgIpc) is 2.62. The van der Waals surface area contributed by atoms with Crippen molar-refractivity contribution in [1.29, 1.82) is 0 Å². The third-order valence-electron chi connectivity index (χ3n) is 2.36. The van der Waals surface area contributed by atoms with Gasteiger partial charge < -0.3 is 5.32 Å². The van der Waals surface area contributed by atoms with Gasteiger partial charge in [-0.05, 0) is 25.8 Å². The zero-order valence-electron chi connectivity index (χ0n) is 7.79. The van der Waals surface area contributed by atoms with Gasteiger partial charge in [0, 0.05) is 24.2 Å². The normalized spacial score (nSPS) is 26.5. The molecule has 0 bridgehead atoms. The standard InChI is InChI=1S/C10H14N2S/c1-8-2-3-9(7-12-8)6-10-11-4-5-13-10/h4-6,8,12H,2-3,7H2,1H3/b9-6-. The molecule has 1 unspecified atom stereocenters. The number of nitrogens with zero attached hydrogens (tertiary/aromatic N) is 1. The zero-order valence-corrected chi connectivity index (χ0v) is 8.60. The molecule has 1 atom stereocenters. The molecule has 0 aromatic carbocycles. The van der Waals surface area contributed by atoms with E-state index in [1.165, 1.54) is 18.4 Å². The summed E-state index contributed by atoms with van der Waals surface area (Å²) in [5, 5.41) is 6.60. The quantitative estimate of drug-likeness (QED) is 0.742. The van der Waals surface area contributed by atoms with Gasteiger partial charge in [-0.3, -0.25) is 0 Å². The summed E-state index contributed by atoms with van der Waals surface area (Å²) in [7, 11) is 0. The highest BCUT2D eigenvalue weighted by Crippen LogP contribution is 2.17. The van der Waals surface area contributed by atoms with Gasteiger partial charge in [0.05, 0.1) is 0 Å². The molecule has 13 heavy (non-hydrogen) atoms. The first kappa shape index (κ1) is 8.91. The number of hydrogen-bond acceptors (Lipinski definition) is 3. The minimum absolute atomic E-state index is 0.674. The van der Waals surface area contributed by atoms with Crippen molar-refractivity contribution in [2.75, 3.05) is 6.54 Å². The maximum absolute atomic E-state index is 4.24. The van der Waals surface area contributed by atoms with E-state index in [4.69, 9.17) is 0 Å². The van der Waals surface area contributed by atoms with Crippen LogP contribution in [0.15, 0.2) is 17.2 Å². The summed E-state index contributed by atoms with van der Waals surface area (Å²) in [6.07, 6.45) is 6.53. The Labute approximate surface area is 82.7 Å². The van der Waals surface area contributed by atoms with E-state index in [-0.39, 0.29) is 0 Å². The third kappa shape index (κ3) is 2.39. The van der Waals surface area contributed by atoms with Gasteiger partial charge >= 0.3 is 0 Å². The molecule has 0 saturated carbocycles. The molecule has 2 rings (SSSR count). The van der Waals surface area contributed by atoms with Gasteiger partial charge in [-0.2, -0.15) is 0 Å². The molecular formula is C10H14N2S. The van der Waals surface area contributed by atoms with Gasteiger partial charge in [0.1, 0.15) is 5.01 Å². The fourth-order valence-electron chi connectivity index (χ4n) is 1.50. The number of hydrogen-bond donors (Lipinski definition) is 1. The molecular weight excluding hydrogens is 180 g/mol. The van der Waals surface area contributed by atoms with Crippen molar-refractivity contribution in [1.82, 2.24) is 10.3 Å². The van der Waals surface area contributed by atoms with Crippen molar-refractivity contribution in [3.63, 3.8) is 0 Å². The van der Waals surface area contributed by atoms with Crippen LogP contribution in [-0.2, 0) is 0 Å². The minimum Gasteiger partial charge on any atom is -0.311 e. The Morgan fingerprint density at radius 3 is 3.23 bits per heavy atom. The van der Waals surface area contributed by atoms with E-state index in [0.717, 1.165) is 11.6 Å². The zero-order chi connectivity index (χ0) is 9.10. The molecule has 0 spiro atoms. The second-order valence-electron chi connectivity index (χ2n) is 3.49. The molecule has 1 fully saturated rings. The van der Waals surface area contributed by atoms with Crippen molar-refractivity contribution in [2.24, 2.45) is 0 Å². The highest BCUT2D eigenvalue weighted by atomic mass is 32.1. The van der Waals surface area contributed by atoms with Crippen LogP contribution in [0.2, 0.25) is 0 Å². The summed E-state index contributed by atoms with van der Waals surface area (Å²) < 4.78 is 0. The maximum Gasteiger partial charge on any atom is 0.115 e. The lowest BCUT2D eigenvalue weighted by atomic mass is 10.0. The first-order chi connectivity index (χ1) is 6.34. The lowest BCUT2D eigenvalue weighted by Crippen LogP contribution is -2.32. The van der Waals surface area contributed by atoms with Crippen LogP contribution in [0.3, 0.4) is 0 Å². The van der Waals surface area contributed by atoms with Crippen molar-refractivity contribution in [3.8, 4) is 0 Å². The van der Waals surface area contributed by atoms with Crippen LogP contribution in [0.4, 0.5) is 0 Å². The van der Waals surface area contributed by atoms with Gasteiger partial charge in [0.15, 0.2) is 0 Å². The molecule has 0 amide bonds. The minimum atomic E-state index is 0.674. The number of rotatable bonds is 1. The van der Waals surface area contributed by atoms with E-state index in [2.05, 4.69) is 23.3 Å². The van der Waals surface area contributed by atoms with Crippen molar-refractivity contribution < 1.29 is 0 Å². The number of thiazole rings is 1. The van der Waals surface area contributed by atoms with E-state index in [0.29, 0.717) is 6.04 Å². The van der Waals surface area contributed by atoms with Crippen LogP contribution in [0.5, 0.6) is 0 Å². The van der Waals surface area contributed by atoms with Crippen molar-refractivity contribution >= 4 is 17.4 Å². The van der Waals surface area contributed by atoms with E-state index < -0.39 is 0 Å². The lowest BCUT2D eigenvalue weighted by molar-refractivity contribution is 0.488. The Morgan fingerprint density at radius 2 is 2.62 bits per heavy atom. The fraction of sp³-hybridized carbons (Fsp3) is 0.500. The molecule has 0 aliphatic carbocycles. The van der Waals surface area contributed by atoms with Crippen LogP contribution in [0.25, 0.3) is 6.08 Å². The lowest BCUT2D eigenvalue weighted by Gasteiger charge is -2.21. The Balaban J connectivity index is 2.02. The highest BCUT2D eigenvalue weighted by Gasteiger charge is 2.10. The van der Waals surface area contributed by atoms with Crippen LogP contribution >= 0.6 is 11.3 Å². The Kier molecular flexibility index (Phi) is 2.76. The van der Waals surface area contributed by atoms with Gasteiger partial charge in [0.2, 0.25) is 0 Å². The second kappa shape index (κ2) is 4.03. The predicted octanol–water partition coefficient (Wildman–Crippen LogP) is 2.30. The molecule has 2 heterocycles. The Hall–Kier alpha value is -0.670. The summed E-state index contributed by atoms with van der Waals surface area (Å²) in [4.78, 5) is 4.24. The van der Waals surface area contributed by atoms with Gasteiger partial charge in [0.25, 0.3) is 0 Å². The topological polar surface area (TPSA) is 24.9 Å². The van der Waals surface area contributed by atoms with Crippen molar-refractivity contribution in [2.45, 2.75) is 25.8 Å².